The minimum atomic E-state index is -1.65. The van der Waals surface area contributed by atoms with E-state index in [1.807, 2.05) is 0 Å². The summed E-state index contributed by atoms with van der Waals surface area (Å²) >= 11 is 0. The first-order chi connectivity index (χ1) is 16.6. The normalized spacial score (nSPS) is 24.4. The molecule has 1 aliphatic heterocycles. The van der Waals surface area contributed by atoms with Gasteiger partial charge in [-0.25, -0.2) is 9.59 Å². The maximum Gasteiger partial charge on any atom is 0.340 e. The molecule has 1 heterocycles. The Morgan fingerprint density at radius 1 is 0.857 bits per heavy atom. The van der Waals surface area contributed by atoms with Gasteiger partial charge in [0.2, 0.25) is 6.29 Å². The third kappa shape index (κ3) is 7.49. The molecule has 0 amide bonds. The van der Waals surface area contributed by atoms with Crippen LogP contribution >= 0.6 is 0 Å². The first kappa shape index (κ1) is 27.7. The van der Waals surface area contributed by atoms with Crippen LogP contribution in [0.1, 0.15) is 39.4 Å². The highest BCUT2D eigenvalue weighted by molar-refractivity contribution is 5.78. The van der Waals surface area contributed by atoms with E-state index in [1.54, 1.807) is 37.3 Å². The summed E-state index contributed by atoms with van der Waals surface area (Å²) < 4.78 is 37.2. The van der Waals surface area contributed by atoms with Gasteiger partial charge in [-0.05, 0) is 12.5 Å². The summed E-state index contributed by atoms with van der Waals surface area (Å²) in [5.74, 6) is -4.27. The van der Waals surface area contributed by atoms with E-state index in [0.717, 1.165) is 27.9 Å². The van der Waals surface area contributed by atoms with Crippen LogP contribution < -0.4 is 0 Å². The number of hydrogen-bond donors (Lipinski definition) is 0. The topological polar surface area (TPSA) is 150 Å². The van der Waals surface area contributed by atoms with Crippen molar-refractivity contribution in [1.82, 2.24) is 0 Å². The number of carbonyl (C=O) groups excluding carboxylic acids is 5. The molecule has 6 atom stereocenters. The summed E-state index contributed by atoms with van der Waals surface area (Å²) in [7, 11) is 1.07. The smallest absolute Gasteiger partial charge is 0.340 e. The fourth-order valence-corrected chi connectivity index (χ4v) is 3.44. The van der Waals surface area contributed by atoms with Gasteiger partial charge >= 0.3 is 29.8 Å². The third-order valence-electron chi connectivity index (χ3n) is 4.71. The van der Waals surface area contributed by atoms with Gasteiger partial charge in [0.15, 0.2) is 30.5 Å². The SMILES string of the molecule is CCOC(=O)[C@H](O[C@@H]1O[C@@H](C(=O)OC)[C@@H](OC(C)=O)[C@@H](OC(C)=O)[C@H]1OC(C)=O)c1ccccc1. The number of methoxy groups -OCH3 is 1. The monoisotopic (exact) mass is 496 g/mol. The summed E-state index contributed by atoms with van der Waals surface area (Å²) in [6, 6.07) is 8.22. The highest BCUT2D eigenvalue weighted by Gasteiger charge is 2.56. The first-order valence-corrected chi connectivity index (χ1v) is 10.7. The number of ether oxygens (including phenoxy) is 7. The van der Waals surface area contributed by atoms with Crippen LogP contribution in [-0.2, 0) is 57.1 Å². The predicted molar refractivity (Wildman–Crippen MR) is 114 cm³/mol. The average Bonchev–Trinajstić information content (AvgIpc) is 2.79. The van der Waals surface area contributed by atoms with E-state index in [9.17, 15) is 24.0 Å². The van der Waals surface area contributed by atoms with E-state index in [-0.39, 0.29) is 6.61 Å². The van der Waals surface area contributed by atoms with Gasteiger partial charge < -0.3 is 33.2 Å². The van der Waals surface area contributed by atoms with Crippen LogP contribution in [0.15, 0.2) is 30.3 Å². The van der Waals surface area contributed by atoms with Crippen LogP contribution in [0.5, 0.6) is 0 Å². The van der Waals surface area contributed by atoms with Crippen molar-refractivity contribution in [3.63, 3.8) is 0 Å². The lowest BCUT2D eigenvalue weighted by atomic mass is 9.97. The van der Waals surface area contributed by atoms with Gasteiger partial charge in [0, 0.05) is 20.8 Å². The number of esters is 5. The van der Waals surface area contributed by atoms with Crippen molar-refractivity contribution in [3.8, 4) is 0 Å². The molecule has 0 saturated carbocycles. The van der Waals surface area contributed by atoms with Crippen molar-refractivity contribution in [2.45, 2.75) is 64.5 Å². The van der Waals surface area contributed by atoms with Gasteiger partial charge in [-0.1, -0.05) is 30.3 Å². The number of rotatable bonds is 9. The molecule has 0 radical (unpaired) electrons. The number of hydrogen-bond acceptors (Lipinski definition) is 12. The molecule has 0 spiro atoms. The summed E-state index contributed by atoms with van der Waals surface area (Å²) in [6.45, 7) is 4.86. The zero-order valence-corrected chi connectivity index (χ0v) is 20.0. The molecule has 1 aliphatic rings. The van der Waals surface area contributed by atoms with Crippen LogP contribution in [0.4, 0.5) is 0 Å². The van der Waals surface area contributed by atoms with Gasteiger partial charge in [-0.15, -0.1) is 0 Å². The molecule has 2 rings (SSSR count). The molecular formula is C23H28O12. The lowest BCUT2D eigenvalue weighted by Gasteiger charge is -2.43. The zero-order valence-electron chi connectivity index (χ0n) is 20.0. The van der Waals surface area contributed by atoms with Gasteiger partial charge in [0.25, 0.3) is 0 Å². The van der Waals surface area contributed by atoms with E-state index < -0.39 is 66.7 Å². The Bertz CT molecular complexity index is 914. The van der Waals surface area contributed by atoms with Crippen molar-refractivity contribution in [3.05, 3.63) is 35.9 Å². The van der Waals surface area contributed by atoms with Crippen molar-refractivity contribution < 1.29 is 57.1 Å². The lowest BCUT2D eigenvalue weighted by molar-refractivity contribution is -0.310. The highest BCUT2D eigenvalue weighted by Crippen LogP contribution is 2.33. The quantitative estimate of drug-likeness (QED) is 0.354. The minimum absolute atomic E-state index is 0.0415. The van der Waals surface area contributed by atoms with E-state index in [4.69, 9.17) is 33.2 Å². The van der Waals surface area contributed by atoms with Crippen LogP contribution in [0.3, 0.4) is 0 Å². The Morgan fingerprint density at radius 3 is 1.91 bits per heavy atom. The second kappa shape index (κ2) is 12.8. The molecule has 1 aromatic carbocycles. The summed E-state index contributed by atoms with van der Waals surface area (Å²) in [4.78, 5) is 60.8. The van der Waals surface area contributed by atoms with Gasteiger partial charge in [0.05, 0.1) is 13.7 Å². The molecule has 0 bridgehead atoms. The lowest BCUT2D eigenvalue weighted by Crippen LogP contribution is -2.64. The molecule has 0 N–H and O–H groups in total. The molecular weight excluding hydrogens is 468 g/mol. The molecule has 192 valence electrons. The van der Waals surface area contributed by atoms with Crippen molar-refractivity contribution in [2.24, 2.45) is 0 Å². The van der Waals surface area contributed by atoms with Crippen molar-refractivity contribution in [1.29, 1.82) is 0 Å². The van der Waals surface area contributed by atoms with Gasteiger partial charge in [0.1, 0.15) is 0 Å². The molecule has 0 aromatic heterocycles. The largest absolute Gasteiger partial charge is 0.467 e. The van der Waals surface area contributed by atoms with Crippen molar-refractivity contribution in [2.75, 3.05) is 13.7 Å². The second-order valence-electron chi connectivity index (χ2n) is 7.35. The molecule has 12 heteroatoms. The second-order valence-corrected chi connectivity index (χ2v) is 7.35. The van der Waals surface area contributed by atoms with E-state index in [2.05, 4.69) is 0 Å². The molecule has 1 saturated heterocycles. The Hall–Kier alpha value is -3.51. The van der Waals surface area contributed by atoms with Crippen LogP contribution in [-0.4, -0.2) is 74.3 Å². The molecule has 35 heavy (non-hydrogen) atoms. The summed E-state index contributed by atoms with van der Waals surface area (Å²) in [5.41, 5.74) is 0.372. The molecule has 1 aromatic rings. The molecule has 12 nitrogen and oxygen atoms in total. The number of benzene rings is 1. The Kier molecular flexibility index (Phi) is 10.2. The van der Waals surface area contributed by atoms with Crippen LogP contribution in [0.2, 0.25) is 0 Å². The van der Waals surface area contributed by atoms with Crippen molar-refractivity contribution >= 4 is 29.8 Å². The fraction of sp³-hybridized carbons (Fsp3) is 0.522. The summed E-state index contributed by atoms with van der Waals surface area (Å²) in [6.07, 6.45) is -9.30. The maximum atomic E-state index is 12.7. The van der Waals surface area contributed by atoms with Crippen LogP contribution in [0.25, 0.3) is 0 Å². The fourth-order valence-electron chi connectivity index (χ4n) is 3.44. The van der Waals surface area contributed by atoms with Gasteiger partial charge in [-0.3, -0.25) is 14.4 Å². The standard InChI is InChI=1S/C23H28O12/c1-6-30-22(28)16(15-10-8-7-9-11-15)34-23-20(33-14(4)26)18(32-13(3)25)17(31-12(2)24)19(35-23)21(27)29-5/h7-11,16-20,23H,6H2,1-5H3/t16-,17+,18-,19-,20-,23-/m1/s1. The number of carbonyl (C=O) groups is 5. The minimum Gasteiger partial charge on any atom is -0.467 e. The van der Waals surface area contributed by atoms with E-state index in [0.29, 0.717) is 5.56 Å². The first-order valence-electron chi connectivity index (χ1n) is 10.7. The molecule has 0 unspecified atom stereocenters. The Morgan fingerprint density at radius 2 is 1.40 bits per heavy atom. The average molecular weight is 496 g/mol. The maximum absolute atomic E-state index is 12.7. The highest BCUT2D eigenvalue weighted by atomic mass is 16.7. The Labute approximate surface area is 201 Å². The predicted octanol–water partition coefficient (Wildman–Crippen LogP) is 1.00. The van der Waals surface area contributed by atoms with Gasteiger partial charge in [-0.2, -0.15) is 0 Å². The van der Waals surface area contributed by atoms with E-state index in [1.165, 1.54) is 0 Å². The molecule has 1 fully saturated rings. The van der Waals surface area contributed by atoms with Crippen LogP contribution in [0, 0.1) is 0 Å². The summed E-state index contributed by atoms with van der Waals surface area (Å²) in [5, 5.41) is 0. The third-order valence-corrected chi connectivity index (χ3v) is 4.71. The molecule has 0 aliphatic carbocycles. The Balaban J connectivity index is 2.56. The zero-order chi connectivity index (χ0) is 26.1. The van der Waals surface area contributed by atoms with E-state index >= 15 is 0 Å².